The topological polar surface area (TPSA) is 96.8 Å². The van der Waals surface area contributed by atoms with Gasteiger partial charge in [0.25, 0.3) is 0 Å². The second-order valence-electron chi connectivity index (χ2n) is 5.64. The van der Waals surface area contributed by atoms with Crippen LogP contribution in [0.2, 0.25) is 0 Å². The van der Waals surface area contributed by atoms with Crippen molar-refractivity contribution in [3.05, 3.63) is 36.7 Å². The van der Waals surface area contributed by atoms with E-state index in [0.717, 1.165) is 0 Å². The summed E-state index contributed by atoms with van der Waals surface area (Å²) in [7, 11) is 0. The summed E-state index contributed by atoms with van der Waals surface area (Å²) in [5, 5.41) is 1.22. The van der Waals surface area contributed by atoms with Crippen LogP contribution in [0.25, 0.3) is 21.8 Å². The second-order valence-corrected chi connectivity index (χ2v) is 5.64. The molecule has 0 radical (unpaired) electrons. The van der Waals surface area contributed by atoms with E-state index in [1.165, 1.54) is 0 Å². The molecule has 0 fully saturated rings. The number of hydrogen-bond donors (Lipinski definition) is 0. The van der Waals surface area contributed by atoms with Crippen molar-refractivity contribution in [3.63, 3.8) is 0 Å². The first kappa shape index (κ1) is 19.3. The van der Waals surface area contributed by atoms with Gasteiger partial charge in [-0.2, -0.15) is 0 Å². The van der Waals surface area contributed by atoms with Crippen molar-refractivity contribution < 1.29 is 28.5 Å². The Balaban J connectivity index is 2.10. The van der Waals surface area contributed by atoms with E-state index >= 15 is 0 Å². The van der Waals surface area contributed by atoms with Crippen molar-refractivity contribution in [3.8, 4) is 11.5 Å². The average molecular weight is 384 g/mol. The van der Waals surface area contributed by atoms with Gasteiger partial charge >= 0.3 is 11.9 Å². The summed E-state index contributed by atoms with van der Waals surface area (Å²) in [6, 6.07) is 7.05. The van der Waals surface area contributed by atoms with Crippen molar-refractivity contribution in [2.24, 2.45) is 0 Å². The molecule has 0 unspecified atom stereocenters. The predicted octanol–water partition coefficient (Wildman–Crippen LogP) is 2.67. The molecule has 2 aromatic heterocycles. The summed E-state index contributed by atoms with van der Waals surface area (Å²) in [5.74, 6) is -0.439. The number of aromatic nitrogens is 2. The van der Waals surface area contributed by atoms with E-state index < -0.39 is 11.9 Å². The van der Waals surface area contributed by atoms with Gasteiger partial charge in [-0.05, 0) is 38.1 Å². The number of nitrogens with zero attached hydrogens (tertiary/aromatic N) is 2. The van der Waals surface area contributed by atoms with Crippen LogP contribution in [-0.2, 0) is 19.1 Å². The Labute approximate surface area is 161 Å². The van der Waals surface area contributed by atoms with Gasteiger partial charge in [0.1, 0.15) is 11.0 Å². The van der Waals surface area contributed by atoms with Gasteiger partial charge in [-0.25, -0.2) is 9.59 Å². The van der Waals surface area contributed by atoms with Gasteiger partial charge < -0.3 is 18.9 Å². The molecule has 2 heterocycles. The number of carbonyl (C=O) groups is 2. The van der Waals surface area contributed by atoms with Crippen LogP contribution in [0, 0.1) is 0 Å². The molecule has 0 spiro atoms. The Morgan fingerprint density at radius 1 is 0.786 bits per heavy atom. The van der Waals surface area contributed by atoms with Crippen molar-refractivity contribution in [1.82, 2.24) is 9.97 Å². The minimum Gasteiger partial charge on any atom is -0.477 e. The number of carbonyl (C=O) groups excluding carboxylic acids is 2. The number of fused-ring (bicyclic) bond motifs is 3. The number of hydrogen-bond acceptors (Lipinski definition) is 8. The van der Waals surface area contributed by atoms with Crippen LogP contribution < -0.4 is 9.47 Å². The number of ether oxygens (including phenoxy) is 4. The van der Waals surface area contributed by atoms with E-state index in [1.54, 1.807) is 50.5 Å². The Morgan fingerprint density at radius 2 is 1.21 bits per heavy atom. The fourth-order valence-corrected chi connectivity index (χ4v) is 2.75. The molecule has 3 aromatic rings. The van der Waals surface area contributed by atoms with Gasteiger partial charge in [0.05, 0.1) is 13.2 Å². The molecule has 0 aliphatic carbocycles. The lowest BCUT2D eigenvalue weighted by Gasteiger charge is -2.17. The molecule has 146 valence electrons. The maximum Gasteiger partial charge on any atom is 0.344 e. The summed E-state index contributed by atoms with van der Waals surface area (Å²) in [6.45, 7) is 3.31. The first-order valence-electron chi connectivity index (χ1n) is 8.88. The molecule has 0 amide bonds. The average Bonchev–Trinajstić information content (AvgIpc) is 2.71. The summed E-state index contributed by atoms with van der Waals surface area (Å²) in [4.78, 5) is 32.4. The minimum atomic E-state index is -0.512. The van der Waals surface area contributed by atoms with Crippen LogP contribution in [0.3, 0.4) is 0 Å². The van der Waals surface area contributed by atoms with E-state index in [4.69, 9.17) is 18.9 Å². The molecular weight excluding hydrogens is 364 g/mol. The SMILES string of the molecule is CCOC(=O)COc1c(OCC(=O)OCC)c2cccnc2c2ncccc12. The van der Waals surface area contributed by atoms with E-state index in [1.807, 2.05) is 0 Å². The van der Waals surface area contributed by atoms with Crippen molar-refractivity contribution in [2.45, 2.75) is 13.8 Å². The quantitative estimate of drug-likeness (QED) is 0.432. The Bertz CT molecular complexity index is 924. The highest BCUT2D eigenvalue weighted by Crippen LogP contribution is 2.42. The van der Waals surface area contributed by atoms with Gasteiger partial charge in [-0.3, -0.25) is 9.97 Å². The zero-order chi connectivity index (χ0) is 19.9. The molecule has 0 atom stereocenters. The largest absolute Gasteiger partial charge is 0.477 e. The highest BCUT2D eigenvalue weighted by Gasteiger charge is 2.20. The molecule has 0 saturated heterocycles. The second kappa shape index (κ2) is 8.98. The molecule has 1 aromatic carbocycles. The lowest BCUT2D eigenvalue weighted by Crippen LogP contribution is -2.17. The normalized spacial score (nSPS) is 10.6. The van der Waals surface area contributed by atoms with E-state index in [0.29, 0.717) is 33.3 Å². The predicted molar refractivity (Wildman–Crippen MR) is 101 cm³/mol. The Hall–Kier alpha value is -3.42. The molecule has 8 heteroatoms. The van der Waals surface area contributed by atoms with Gasteiger partial charge in [0.2, 0.25) is 0 Å². The summed E-state index contributed by atoms with van der Waals surface area (Å²) in [5.41, 5.74) is 1.20. The fourth-order valence-electron chi connectivity index (χ4n) is 2.75. The van der Waals surface area contributed by atoms with Crippen LogP contribution in [0.1, 0.15) is 13.8 Å². The highest BCUT2D eigenvalue weighted by atomic mass is 16.6. The molecule has 28 heavy (non-hydrogen) atoms. The van der Waals surface area contributed by atoms with Crippen LogP contribution in [-0.4, -0.2) is 48.3 Å². The maximum atomic E-state index is 11.8. The Morgan fingerprint density at radius 3 is 1.61 bits per heavy atom. The maximum absolute atomic E-state index is 11.8. The molecule has 0 aliphatic heterocycles. The third-order valence-electron chi connectivity index (χ3n) is 3.81. The van der Waals surface area contributed by atoms with Crippen LogP contribution in [0.15, 0.2) is 36.7 Å². The first-order valence-corrected chi connectivity index (χ1v) is 8.88. The zero-order valence-electron chi connectivity index (χ0n) is 15.6. The third-order valence-corrected chi connectivity index (χ3v) is 3.81. The third kappa shape index (κ3) is 4.11. The monoisotopic (exact) mass is 384 g/mol. The standard InChI is InChI=1S/C20H20N2O6/c1-3-25-15(23)11-27-19-13-7-5-9-21-17(13)18-14(8-6-10-22-18)20(19)28-12-16(24)26-4-2/h5-10H,3-4,11-12H2,1-2H3. The van der Waals surface area contributed by atoms with Gasteiger partial charge in [-0.15, -0.1) is 0 Å². The van der Waals surface area contributed by atoms with Crippen molar-refractivity contribution in [1.29, 1.82) is 0 Å². The lowest BCUT2D eigenvalue weighted by molar-refractivity contribution is -0.146. The summed E-state index contributed by atoms with van der Waals surface area (Å²) < 4.78 is 21.3. The van der Waals surface area contributed by atoms with Crippen LogP contribution >= 0.6 is 0 Å². The number of pyridine rings is 2. The van der Waals surface area contributed by atoms with E-state index in [2.05, 4.69) is 9.97 Å². The highest BCUT2D eigenvalue weighted by molar-refractivity contribution is 6.10. The Kier molecular flexibility index (Phi) is 6.21. The van der Waals surface area contributed by atoms with Gasteiger partial charge in [0.15, 0.2) is 24.7 Å². The lowest BCUT2D eigenvalue weighted by atomic mass is 10.1. The minimum absolute atomic E-state index is 0.248. The molecule has 0 N–H and O–H groups in total. The van der Waals surface area contributed by atoms with Crippen molar-refractivity contribution in [2.75, 3.05) is 26.4 Å². The molecule has 0 aliphatic rings. The van der Waals surface area contributed by atoms with Crippen LogP contribution in [0.4, 0.5) is 0 Å². The first-order chi connectivity index (χ1) is 13.7. The molecule has 0 saturated carbocycles. The summed E-state index contributed by atoms with van der Waals surface area (Å²) in [6.07, 6.45) is 3.29. The summed E-state index contributed by atoms with van der Waals surface area (Å²) >= 11 is 0. The molecule has 0 bridgehead atoms. The number of rotatable bonds is 8. The smallest absolute Gasteiger partial charge is 0.344 e. The van der Waals surface area contributed by atoms with Gasteiger partial charge in [0, 0.05) is 23.2 Å². The molecule has 8 nitrogen and oxygen atoms in total. The fraction of sp³-hybridized carbons (Fsp3) is 0.300. The van der Waals surface area contributed by atoms with E-state index in [-0.39, 0.29) is 26.4 Å². The van der Waals surface area contributed by atoms with E-state index in [9.17, 15) is 9.59 Å². The number of esters is 2. The molecular formula is C20H20N2O6. The van der Waals surface area contributed by atoms with Crippen LogP contribution in [0.5, 0.6) is 11.5 Å². The number of benzene rings is 1. The zero-order valence-corrected chi connectivity index (χ0v) is 15.6. The van der Waals surface area contributed by atoms with Gasteiger partial charge in [-0.1, -0.05) is 0 Å². The molecule has 3 rings (SSSR count). The van der Waals surface area contributed by atoms with Crippen molar-refractivity contribution >= 4 is 33.7 Å².